The number of hydrogen-bond acceptors (Lipinski definition) is 1. The number of rotatable bonds is 3. The fraction of sp³-hybridized carbons (Fsp3) is 0.158. The van der Waals surface area contributed by atoms with Crippen molar-refractivity contribution in [3.05, 3.63) is 76.3 Å². The molecule has 0 bridgehead atoms. The van der Waals surface area contributed by atoms with Gasteiger partial charge in [0.15, 0.2) is 0 Å². The lowest BCUT2D eigenvalue weighted by Crippen LogP contribution is -2.07. The zero-order valence-corrected chi connectivity index (χ0v) is 13.8. The van der Waals surface area contributed by atoms with Crippen LogP contribution in [0.15, 0.2) is 65.1 Å². The maximum atomic E-state index is 3.60. The summed E-state index contributed by atoms with van der Waals surface area (Å²) < 4.78 is 1.14. The summed E-state index contributed by atoms with van der Waals surface area (Å²) in [5.74, 6) is 0. The third kappa shape index (κ3) is 2.96. The molecule has 0 saturated carbocycles. The maximum absolute atomic E-state index is 3.60. The lowest BCUT2D eigenvalue weighted by molar-refractivity contribution is 0.894. The summed E-state index contributed by atoms with van der Waals surface area (Å²) in [5.41, 5.74) is 3.72. The normalized spacial score (nSPS) is 12.3. The molecule has 1 atom stereocenters. The topological polar surface area (TPSA) is 12.0 Å². The highest BCUT2D eigenvalue weighted by Gasteiger charge is 2.09. The van der Waals surface area contributed by atoms with E-state index in [-0.39, 0.29) is 6.04 Å². The van der Waals surface area contributed by atoms with Crippen molar-refractivity contribution in [3.63, 3.8) is 0 Å². The Morgan fingerprint density at radius 1 is 0.952 bits per heavy atom. The average molecular weight is 340 g/mol. The second-order valence-corrected chi connectivity index (χ2v) is 6.25. The Bertz CT molecular complexity index is 774. The molecule has 3 aromatic carbocycles. The Morgan fingerprint density at radius 3 is 2.52 bits per heavy atom. The van der Waals surface area contributed by atoms with Crippen LogP contribution in [0.3, 0.4) is 0 Å². The van der Waals surface area contributed by atoms with Gasteiger partial charge < -0.3 is 5.32 Å². The number of benzene rings is 3. The maximum Gasteiger partial charge on any atom is 0.0491 e. The van der Waals surface area contributed by atoms with E-state index in [1.54, 1.807) is 0 Å². The van der Waals surface area contributed by atoms with Gasteiger partial charge in [-0.2, -0.15) is 0 Å². The number of anilines is 1. The molecule has 0 amide bonds. The van der Waals surface area contributed by atoms with E-state index in [1.165, 1.54) is 21.9 Å². The molecule has 0 aliphatic carbocycles. The van der Waals surface area contributed by atoms with Crippen LogP contribution in [0.1, 0.15) is 24.1 Å². The van der Waals surface area contributed by atoms with Crippen molar-refractivity contribution in [3.8, 4) is 0 Å². The highest BCUT2D eigenvalue weighted by atomic mass is 79.9. The summed E-state index contributed by atoms with van der Waals surface area (Å²) in [7, 11) is 0. The SMILES string of the molecule is Cc1cc(NC(C)c2cccc3ccccc23)ccc1Br. The van der Waals surface area contributed by atoms with Crippen molar-refractivity contribution in [2.75, 3.05) is 5.32 Å². The minimum Gasteiger partial charge on any atom is -0.378 e. The van der Waals surface area contributed by atoms with Crippen molar-refractivity contribution in [1.29, 1.82) is 0 Å². The van der Waals surface area contributed by atoms with Crippen LogP contribution in [0, 0.1) is 6.92 Å². The second-order valence-electron chi connectivity index (χ2n) is 5.40. The summed E-state index contributed by atoms with van der Waals surface area (Å²) in [4.78, 5) is 0. The Hall–Kier alpha value is -1.80. The molecule has 0 radical (unpaired) electrons. The van der Waals surface area contributed by atoms with Crippen LogP contribution in [0.5, 0.6) is 0 Å². The molecule has 1 nitrogen and oxygen atoms in total. The second kappa shape index (κ2) is 5.90. The van der Waals surface area contributed by atoms with E-state index in [0.717, 1.165) is 10.2 Å². The Morgan fingerprint density at radius 2 is 1.71 bits per heavy atom. The van der Waals surface area contributed by atoms with Crippen LogP contribution in [-0.4, -0.2) is 0 Å². The fourth-order valence-electron chi connectivity index (χ4n) is 2.69. The van der Waals surface area contributed by atoms with E-state index >= 15 is 0 Å². The van der Waals surface area contributed by atoms with Crippen LogP contribution >= 0.6 is 15.9 Å². The lowest BCUT2D eigenvalue weighted by Gasteiger charge is -2.18. The fourth-order valence-corrected chi connectivity index (χ4v) is 2.94. The first-order chi connectivity index (χ1) is 10.1. The summed E-state index contributed by atoms with van der Waals surface area (Å²) >= 11 is 3.55. The van der Waals surface area contributed by atoms with Gasteiger partial charge >= 0.3 is 0 Å². The molecule has 3 rings (SSSR count). The first-order valence-electron chi connectivity index (χ1n) is 7.15. The largest absolute Gasteiger partial charge is 0.378 e. The molecule has 0 saturated heterocycles. The standard InChI is InChI=1S/C19H18BrN/c1-13-12-16(10-11-19(13)20)21-14(2)17-9-5-7-15-6-3-4-8-18(15)17/h3-12,14,21H,1-2H3. The quantitative estimate of drug-likeness (QED) is 0.609. The molecule has 1 unspecified atom stereocenters. The number of fused-ring (bicyclic) bond motifs is 1. The Balaban J connectivity index is 1.93. The summed E-state index contributed by atoms with van der Waals surface area (Å²) in [5, 5.41) is 6.20. The van der Waals surface area contributed by atoms with E-state index in [1.807, 2.05) is 0 Å². The van der Waals surface area contributed by atoms with E-state index in [2.05, 4.69) is 95.8 Å². The van der Waals surface area contributed by atoms with Crippen molar-refractivity contribution in [1.82, 2.24) is 0 Å². The molecule has 0 fully saturated rings. The predicted molar refractivity (Wildman–Crippen MR) is 94.9 cm³/mol. The predicted octanol–water partition coefficient (Wildman–Crippen LogP) is 6.08. The molecule has 0 aliphatic rings. The molecule has 0 heterocycles. The highest BCUT2D eigenvalue weighted by Crippen LogP contribution is 2.28. The van der Waals surface area contributed by atoms with Gasteiger partial charge in [-0.1, -0.05) is 58.4 Å². The van der Waals surface area contributed by atoms with Crippen LogP contribution in [-0.2, 0) is 0 Å². The molecule has 106 valence electrons. The summed E-state index contributed by atoms with van der Waals surface area (Å²) in [6.45, 7) is 4.32. The van der Waals surface area contributed by atoms with Gasteiger partial charge in [0.25, 0.3) is 0 Å². The summed E-state index contributed by atoms with van der Waals surface area (Å²) in [6, 6.07) is 21.7. The molecular weight excluding hydrogens is 322 g/mol. The molecule has 0 aliphatic heterocycles. The van der Waals surface area contributed by atoms with Gasteiger partial charge in [0.2, 0.25) is 0 Å². The van der Waals surface area contributed by atoms with Crippen LogP contribution in [0.25, 0.3) is 10.8 Å². The molecular formula is C19H18BrN. The Labute approximate surface area is 134 Å². The summed E-state index contributed by atoms with van der Waals surface area (Å²) in [6.07, 6.45) is 0. The third-order valence-electron chi connectivity index (χ3n) is 3.83. The molecule has 0 aromatic heterocycles. The van der Waals surface area contributed by atoms with Gasteiger partial charge in [-0.3, -0.25) is 0 Å². The number of aryl methyl sites for hydroxylation is 1. The van der Waals surface area contributed by atoms with Crippen molar-refractivity contribution >= 4 is 32.4 Å². The van der Waals surface area contributed by atoms with Gasteiger partial charge in [0, 0.05) is 16.2 Å². The number of nitrogens with one attached hydrogen (secondary N) is 1. The van der Waals surface area contributed by atoms with Gasteiger partial charge in [-0.15, -0.1) is 0 Å². The van der Waals surface area contributed by atoms with E-state index in [0.29, 0.717) is 0 Å². The Kier molecular flexibility index (Phi) is 3.98. The van der Waals surface area contributed by atoms with Gasteiger partial charge in [-0.25, -0.2) is 0 Å². The molecule has 0 spiro atoms. The van der Waals surface area contributed by atoms with E-state index in [9.17, 15) is 0 Å². The van der Waals surface area contributed by atoms with Crippen molar-refractivity contribution in [2.24, 2.45) is 0 Å². The monoisotopic (exact) mass is 339 g/mol. The van der Waals surface area contributed by atoms with Crippen molar-refractivity contribution in [2.45, 2.75) is 19.9 Å². The first-order valence-corrected chi connectivity index (χ1v) is 7.95. The first kappa shape index (κ1) is 14.2. The van der Waals surface area contributed by atoms with Gasteiger partial charge in [-0.05, 0) is 53.9 Å². The van der Waals surface area contributed by atoms with Crippen molar-refractivity contribution < 1.29 is 0 Å². The van der Waals surface area contributed by atoms with Crippen LogP contribution in [0.2, 0.25) is 0 Å². The molecule has 21 heavy (non-hydrogen) atoms. The van der Waals surface area contributed by atoms with Crippen LogP contribution < -0.4 is 5.32 Å². The highest BCUT2D eigenvalue weighted by molar-refractivity contribution is 9.10. The molecule has 3 aromatic rings. The number of hydrogen-bond donors (Lipinski definition) is 1. The minimum absolute atomic E-state index is 0.261. The zero-order valence-electron chi connectivity index (χ0n) is 12.2. The third-order valence-corrected chi connectivity index (χ3v) is 4.72. The number of halogens is 1. The van der Waals surface area contributed by atoms with Gasteiger partial charge in [0.05, 0.1) is 0 Å². The smallest absolute Gasteiger partial charge is 0.0491 e. The average Bonchev–Trinajstić information content (AvgIpc) is 2.50. The zero-order chi connectivity index (χ0) is 14.8. The molecule has 2 heteroatoms. The molecule has 1 N–H and O–H groups in total. The lowest BCUT2D eigenvalue weighted by atomic mass is 9.99. The minimum atomic E-state index is 0.261. The van der Waals surface area contributed by atoms with Gasteiger partial charge in [0.1, 0.15) is 0 Å². The van der Waals surface area contributed by atoms with E-state index < -0.39 is 0 Å². The van der Waals surface area contributed by atoms with E-state index in [4.69, 9.17) is 0 Å². The van der Waals surface area contributed by atoms with Crippen LogP contribution in [0.4, 0.5) is 5.69 Å².